The summed E-state index contributed by atoms with van der Waals surface area (Å²) in [6, 6.07) is 9.80. The summed E-state index contributed by atoms with van der Waals surface area (Å²) in [5.74, 6) is 0.0888. The highest BCUT2D eigenvalue weighted by atomic mass is 32.2. The average Bonchev–Trinajstić information content (AvgIpc) is 3.15. The Morgan fingerprint density at radius 1 is 0.957 bits per heavy atom. The van der Waals surface area contributed by atoms with Crippen LogP contribution >= 0.6 is 0 Å². The van der Waals surface area contributed by atoms with E-state index in [0.717, 1.165) is 31.2 Å². The second-order valence-electron chi connectivity index (χ2n) is 6.43. The molecule has 0 aliphatic carbocycles. The average molecular weight is 332 g/mol. The van der Waals surface area contributed by atoms with E-state index in [4.69, 9.17) is 0 Å². The van der Waals surface area contributed by atoms with E-state index in [9.17, 15) is 8.42 Å². The standard InChI is InChI=1S/C16H20N4O2S/c21-23(22,12-13-4-2-1-3-5-13)19-14-6-7-15(19)11-16(10-14)20-17-8-9-18-20/h1-5,8-9,14-16H,6-7,10-12H2. The minimum atomic E-state index is -3.28. The first-order chi connectivity index (χ1) is 11.1. The molecule has 0 N–H and O–H groups in total. The lowest BCUT2D eigenvalue weighted by molar-refractivity contribution is 0.174. The summed E-state index contributed by atoms with van der Waals surface area (Å²) in [5, 5.41) is 8.46. The van der Waals surface area contributed by atoms with Crippen LogP contribution in [0.25, 0.3) is 0 Å². The zero-order valence-electron chi connectivity index (χ0n) is 12.8. The Balaban J connectivity index is 1.54. The zero-order valence-corrected chi connectivity index (χ0v) is 13.6. The number of hydrogen-bond acceptors (Lipinski definition) is 4. The van der Waals surface area contributed by atoms with Gasteiger partial charge in [-0.3, -0.25) is 0 Å². The largest absolute Gasteiger partial charge is 0.218 e. The normalized spacial score (nSPS) is 28.1. The van der Waals surface area contributed by atoms with Crippen LogP contribution in [0.5, 0.6) is 0 Å². The predicted octanol–water partition coefficient (Wildman–Crippen LogP) is 1.98. The van der Waals surface area contributed by atoms with Gasteiger partial charge in [-0.1, -0.05) is 30.3 Å². The molecule has 0 amide bonds. The van der Waals surface area contributed by atoms with E-state index in [0.29, 0.717) is 0 Å². The molecule has 2 aromatic rings. The summed E-state index contributed by atoms with van der Waals surface area (Å²) in [6.45, 7) is 0. The summed E-state index contributed by atoms with van der Waals surface area (Å²) in [7, 11) is -3.28. The molecule has 0 spiro atoms. The molecule has 4 rings (SSSR count). The van der Waals surface area contributed by atoms with E-state index in [1.807, 2.05) is 30.3 Å². The Labute approximate surface area is 136 Å². The minimum Gasteiger partial charge on any atom is -0.212 e. The number of hydrogen-bond donors (Lipinski definition) is 0. The van der Waals surface area contributed by atoms with Gasteiger partial charge in [-0.2, -0.15) is 19.3 Å². The molecule has 2 atom stereocenters. The molecule has 23 heavy (non-hydrogen) atoms. The highest BCUT2D eigenvalue weighted by molar-refractivity contribution is 7.88. The summed E-state index contributed by atoms with van der Waals surface area (Å²) in [5.41, 5.74) is 0.850. The van der Waals surface area contributed by atoms with Gasteiger partial charge in [0.1, 0.15) is 0 Å². The molecule has 122 valence electrons. The van der Waals surface area contributed by atoms with Crippen molar-refractivity contribution in [3.8, 4) is 0 Å². The van der Waals surface area contributed by atoms with Crippen LogP contribution < -0.4 is 0 Å². The number of aromatic nitrogens is 3. The summed E-state index contributed by atoms with van der Waals surface area (Å²) < 4.78 is 27.6. The second-order valence-corrected chi connectivity index (χ2v) is 8.31. The molecule has 1 aromatic carbocycles. The smallest absolute Gasteiger partial charge is 0.212 e. The molecular weight excluding hydrogens is 312 g/mol. The van der Waals surface area contributed by atoms with Crippen LogP contribution in [0.15, 0.2) is 42.7 Å². The first-order valence-corrected chi connectivity index (χ1v) is 9.65. The highest BCUT2D eigenvalue weighted by Crippen LogP contribution is 2.42. The fraction of sp³-hybridized carbons (Fsp3) is 0.500. The Morgan fingerprint density at radius 2 is 1.57 bits per heavy atom. The van der Waals surface area contributed by atoms with Gasteiger partial charge < -0.3 is 0 Å². The number of nitrogens with zero attached hydrogens (tertiary/aromatic N) is 4. The lowest BCUT2D eigenvalue weighted by Crippen LogP contribution is -2.47. The van der Waals surface area contributed by atoms with Crippen LogP contribution in [0.1, 0.15) is 37.3 Å². The molecule has 1 aromatic heterocycles. The van der Waals surface area contributed by atoms with Gasteiger partial charge in [0.15, 0.2) is 0 Å². The maximum absolute atomic E-state index is 12.9. The monoisotopic (exact) mass is 332 g/mol. The predicted molar refractivity (Wildman–Crippen MR) is 86.0 cm³/mol. The summed E-state index contributed by atoms with van der Waals surface area (Å²) in [6.07, 6.45) is 6.85. The van der Waals surface area contributed by atoms with Crippen molar-refractivity contribution in [2.24, 2.45) is 0 Å². The van der Waals surface area contributed by atoms with Gasteiger partial charge in [0.25, 0.3) is 0 Å². The Morgan fingerprint density at radius 3 is 2.17 bits per heavy atom. The van der Waals surface area contributed by atoms with Gasteiger partial charge in [0.2, 0.25) is 10.0 Å². The number of fused-ring (bicyclic) bond motifs is 2. The molecule has 2 bridgehead atoms. The molecule has 2 aliphatic rings. The van der Waals surface area contributed by atoms with Crippen LogP contribution in [0.3, 0.4) is 0 Å². The number of rotatable bonds is 4. The first-order valence-electron chi connectivity index (χ1n) is 8.04. The molecule has 2 saturated heterocycles. The van der Waals surface area contributed by atoms with Crippen LogP contribution in [-0.2, 0) is 15.8 Å². The highest BCUT2D eigenvalue weighted by Gasteiger charge is 2.47. The van der Waals surface area contributed by atoms with Crippen molar-refractivity contribution in [3.05, 3.63) is 48.3 Å². The van der Waals surface area contributed by atoms with Crippen molar-refractivity contribution in [2.45, 2.75) is 49.6 Å². The van der Waals surface area contributed by atoms with Crippen LogP contribution in [0, 0.1) is 0 Å². The Bertz CT molecular complexity index is 747. The van der Waals surface area contributed by atoms with Gasteiger partial charge >= 0.3 is 0 Å². The third-order valence-corrected chi connectivity index (χ3v) is 6.85. The number of benzene rings is 1. The topological polar surface area (TPSA) is 68.1 Å². The van der Waals surface area contributed by atoms with Crippen molar-refractivity contribution < 1.29 is 8.42 Å². The van der Waals surface area contributed by atoms with Gasteiger partial charge in [-0.15, -0.1) is 0 Å². The quantitative estimate of drug-likeness (QED) is 0.858. The molecular formula is C16H20N4O2S. The zero-order chi connectivity index (χ0) is 15.9. The lowest BCUT2D eigenvalue weighted by Gasteiger charge is -2.37. The van der Waals surface area contributed by atoms with Gasteiger partial charge in [-0.05, 0) is 31.2 Å². The summed E-state index contributed by atoms with van der Waals surface area (Å²) >= 11 is 0. The molecule has 7 heteroatoms. The number of piperidine rings is 1. The Kier molecular flexibility index (Phi) is 3.69. The lowest BCUT2D eigenvalue weighted by atomic mass is 10.0. The maximum atomic E-state index is 12.9. The molecule has 0 saturated carbocycles. The fourth-order valence-corrected chi connectivity index (χ4v) is 6.08. The van der Waals surface area contributed by atoms with E-state index in [1.54, 1.807) is 21.5 Å². The van der Waals surface area contributed by atoms with Crippen molar-refractivity contribution in [1.82, 2.24) is 19.3 Å². The molecule has 2 fully saturated rings. The van der Waals surface area contributed by atoms with Gasteiger partial charge in [0, 0.05) is 12.1 Å². The van der Waals surface area contributed by atoms with Crippen LogP contribution in [-0.4, -0.2) is 39.8 Å². The maximum Gasteiger partial charge on any atom is 0.218 e. The molecule has 6 nitrogen and oxygen atoms in total. The summed E-state index contributed by atoms with van der Waals surface area (Å²) in [4.78, 5) is 1.74. The van der Waals surface area contributed by atoms with Gasteiger partial charge in [-0.25, -0.2) is 8.42 Å². The molecule has 0 radical (unpaired) electrons. The third kappa shape index (κ3) is 2.79. The van der Waals surface area contributed by atoms with E-state index < -0.39 is 10.0 Å². The first kappa shape index (κ1) is 14.8. The number of sulfonamides is 1. The minimum absolute atomic E-state index is 0.0819. The van der Waals surface area contributed by atoms with Crippen LogP contribution in [0.4, 0.5) is 0 Å². The van der Waals surface area contributed by atoms with Crippen molar-refractivity contribution >= 4 is 10.0 Å². The van der Waals surface area contributed by atoms with E-state index >= 15 is 0 Å². The van der Waals surface area contributed by atoms with E-state index in [2.05, 4.69) is 10.2 Å². The van der Waals surface area contributed by atoms with Crippen LogP contribution in [0.2, 0.25) is 0 Å². The van der Waals surface area contributed by atoms with Gasteiger partial charge in [0.05, 0.1) is 24.2 Å². The second kappa shape index (κ2) is 5.72. The molecule has 3 heterocycles. The van der Waals surface area contributed by atoms with E-state index in [1.165, 1.54) is 0 Å². The SMILES string of the molecule is O=S(=O)(Cc1ccccc1)N1C2CCC1CC(n1nccn1)C2. The fourth-order valence-electron chi connectivity index (χ4n) is 4.02. The van der Waals surface area contributed by atoms with Crippen molar-refractivity contribution in [2.75, 3.05) is 0 Å². The van der Waals surface area contributed by atoms with Crippen molar-refractivity contribution in [1.29, 1.82) is 0 Å². The Hall–Kier alpha value is -1.73. The van der Waals surface area contributed by atoms with E-state index in [-0.39, 0.29) is 23.9 Å². The molecule has 2 unspecified atom stereocenters. The van der Waals surface area contributed by atoms with Crippen molar-refractivity contribution in [3.63, 3.8) is 0 Å². The molecule has 2 aliphatic heterocycles. The third-order valence-electron chi connectivity index (χ3n) is 4.92.